The van der Waals surface area contributed by atoms with Gasteiger partial charge in [-0.15, -0.1) is 0 Å². The van der Waals surface area contributed by atoms with Crippen LogP contribution in [0.4, 0.5) is 9.59 Å². The Balaban J connectivity index is 2.60. The molecule has 0 N–H and O–H groups in total. The van der Waals surface area contributed by atoms with E-state index in [0.717, 1.165) is 0 Å². The van der Waals surface area contributed by atoms with Gasteiger partial charge in [0.25, 0.3) is 0 Å². The van der Waals surface area contributed by atoms with E-state index in [9.17, 15) is 19.2 Å². The fraction of sp³-hybridized carbons (Fsp3) is 0.500. The molecule has 1 aliphatic rings. The maximum Gasteiger partial charge on any atom is 0.526 e. The molecule has 7 nitrogen and oxygen atoms in total. The first-order valence-corrected chi connectivity index (χ1v) is 4.25. The lowest BCUT2D eigenvalue weighted by Crippen LogP contribution is -2.19. The lowest BCUT2D eigenvalue weighted by molar-refractivity contribution is -0.139. The second-order valence-corrected chi connectivity index (χ2v) is 2.76. The molecule has 1 heterocycles. The summed E-state index contributed by atoms with van der Waals surface area (Å²) in [5.41, 5.74) is 0. The molecule has 82 valence electrons. The summed E-state index contributed by atoms with van der Waals surface area (Å²) in [6, 6.07) is 0. The summed E-state index contributed by atoms with van der Waals surface area (Å²) in [4.78, 5) is 43.0. The number of hydrogen-bond acceptors (Lipinski definition) is 7. The van der Waals surface area contributed by atoms with Crippen molar-refractivity contribution in [2.75, 3.05) is 0 Å². The van der Waals surface area contributed by atoms with Crippen LogP contribution in [0, 0.1) is 0 Å². The van der Waals surface area contributed by atoms with E-state index in [-0.39, 0.29) is 12.8 Å². The molecule has 7 heteroatoms. The standard InChI is InChI=1S/C8H8O7/c9-5-3-1-2-4-6(10)14-8(12)15-7(11)13-5/h1-4H2. The minimum Gasteiger partial charge on any atom is -0.360 e. The van der Waals surface area contributed by atoms with Crippen LogP contribution in [-0.2, 0) is 23.8 Å². The Kier molecular flexibility index (Phi) is 3.78. The van der Waals surface area contributed by atoms with E-state index in [4.69, 9.17) is 0 Å². The SMILES string of the molecule is O=C1CCCCC(=O)OC(=O)OC(=O)O1. The van der Waals surface area contributed by atoms with Gasteiger partial charge in [0.1, 0.15) is 0 Å². The summed E-state index contributed by atoms with van der Waals surface area (Å²) in [5, 5.41) is 0. The third-order valence-corrected chi connectivity index (χ3v) is 1.57. The zero-order valence-corrected chi connectivity index (χ0v) is 7.69. The lowest BCUT2D eigenvalue weighted by Gasteiger charge is -2.00. The summed E-state index contributed by atoms with van der Waals surface area (Å²) in [6.07, 6.45) is -2.27. The average molecular weight is 216 g/mol. The van der Waals surface area contributed by atoms with Crippen LogP contribution in [0.3, 0.4) is 0 Å². The highest BCUT2D eigenvalue weighted by Gasteiger charge is 2.21. The van der Waals surface area contributed by atoms with Crippen molar-refractivity contribution >= 4 is 24.2 Å². The third kappa shape index (κ3) is 4.21. The van der Waals surface area contributed by atoms with Crippen molar-refractivity contribution in [3.63, 3.8) is 0 Å². The van der Waals surface area contributed by atoms with Crippen LogP contribution >= 0.6 is 0 Å². The second-order valence-electron chi connectivity index (χ2n) is 2.76. The van der Waals surface area contributed by atoms with Crippen LogP contribution in [0.1, 0.15) is 25.7 Å². The summed E-state index contributed by atoms with van der Waals surface area (Å²) in [5.74, 6) is -1.61. The van der Waals surface area contributed by atoms with E-state index >= 15 is 0 Å². The Bertz CT molecular complexity index is 276. The van der Waals surface area contributed by atoms with Crippen molar-refractivity contribution in [3.05, 3.63) is 0 Å². The number of esters is 2. The molecule has 15 heavy (non-hydrogen) atoms. The molecule has 0 aliphatic carbocycles. The molecular formula is C8H8O7. The highest BCUT2D eigenvalue weighted by Crippen LogP contribution is 2.06. The maximum absolute atomic E-state index is 10.9. The fourth-order valence-corrected chi connectivity index (χ4v) is 0.936. The molecular weight excluding hydrogens is 208 g/mol. The molecule has 0 radical (unpaired) electrons. The van der Waals surface area contributed by atoms with Crippen molar-refractivity contribution in [3.8, 4) is 0 Å². The molecule has 0 spiro atoms. The molecule has 1 fully saturated rings. The first kappa shape index (κ1) is 11.2. The van der Waals surface area contributed by atoms with Crippen LogP contribution in [0.5, 0.6) is 0 Å². The molecule has 0 aromatic heterocycles. The van der Waals surface area contributed by atoms with Crippen molar-refractivity contribution in [2.24, 2.45) is 0 Å². The van der Waals surface area contributed by atoms with Crippen LogP contribution in [-0.4, -0.2) is 24.2 Å². The van der Waals surface area contributed by atoms with E-state index < -0.39 is 24.2 Å². The average Bonchev–Trinajstić information content (AvgIpc) is 2.12. The number of rotatable bonds is 0. The Labute approximate surface area is 84.3 Å². The van der Waals surface area contributed by atoms with Crippen LogP contribution in [0.2, 0.25) is 0 Å². The number of hydrogen-bond donors (Lipinski definition) is 0. The van der Waals surface area contributed by atoms with Gasteiger partial charge in [-0.3, -0.25) is 9.59 Å². The van der Waals surface area contributed by atoms with Gasteiger partial charge < -0.3 is 14.2 Å². The van der Waals surface area contributed by atoms with Gasteiger partial charge >= 0.3 is 24.2 Å². The number of ether oxygens (including phenoxy) is 3. The first-order valence-electron chi connectivity index (χ1n) is 4.25. The van der Waals surface area contributed by atoms with E-state index in [1.807, 2.05) is 0 Å². The first-order chi connectivity index (χ1) is 7.08. The fourth-order valence-electron chi connectivity index (χ4n) is 0.936. The van der Waals surface area contributed by atoms with E-state index in [1.165, 1.54) is 0 Å². The normalized spacial score (nSPS) is 19.7. The van der Waals surface area contributed by atoms with Gasteiger partial charge in [0, 0.05) is 12.8 Å². The summed E-state index contributed by atoms with van der Waals surface area (Å²) in [6.45, 7) is 0. The summed E-state index contributed by atoms with van der Waals surface area (Å²) in [7, 11) is 0. The predicted molar refractivity (Wildman–Crippen MR) is 42.5 cm³/mol. The van der Waals surface area contributed by atoms with Crippen LogP contribution in [0.25, 0.3) is 0 Å². The molecule has 0 unspecified atom stereocenters. The molecule has 0 aromatic carbocycles. The number of carbonyl (C=O) groups is 4. The van der Waals surface area contributed by atoms with Crippen LogP contribution in [0.15, 0.2) is 0 Å². The Morgan fingerprint density at radius 3 is 1.47 bits per heavy atom. The van der Waals surface area contributed by atoms with Gasteiger partial charge in [-0.05, 0) is 12.8 Å². The van der Waals surface area contributed by atoms with Gasteiger partial charge in [0.15, 0.2) is 0 Å². The van der Waals surface area contributed by atoms with Crippen molar-refractivity contribution in [1.82, 2.24) is 0 Å². The Hall–Kier alpha value is -1.92. The predicted octanol–water partition coefficient (Wildman–Crippen LogP) is 0.903. The topological polar surface area (TPSA) is 96.0 Å². The molecule has 1 aliphatic heterocycles. The molecule has 1 saturated heterocycles. The molecule has 0 bridgehead atoms. The van der Waals surface area contributed by atoms with Gasteiger partial charge in [-0.2, -0.15) is 0 Å². The smallest absolute Gasteiger partial charge is 0.360 e. The molecule has 0 aromatic rings. The summed E-state index contributed by atoms with van der Waals surface area (Å²) >= 11 is 0. The van der Waals surface area contributed by atoms with Gasteiger partial charge in [0.2, 0.25) is 0 Å². The lowest BCUT2D eigenvalue weighted by atomic mass is 10.2. The molecule has 0 saturated carbocycles. The van der Waals surface area contributed by atoms with E-state index in [1.54, 1.807) is 0 Å². The highest BCUT2D eigenvalue weighted by atomic mass is 16.8. The molecule has 0 amide bonds. The third-order valence-electron chi connectivity index (χ3n) is 1.57. The largest absolute Gasteiger partial charge is 0.526 e. The van der Waals surface area contributed by atoms with Gasteiger partial charge in [-0.25, -0.2) is 9.59 Å². The Morgan fingerprint density at radius 2 is 1.07 bits per heavy atom. The molecule has 1 rings (SSSR count). The van der Waals surface area contributed by atoms with E-state index in [0.29, 0.717) is 12.8 Å². The van der Waals surface area contributed by atoms with Crippen molar-refractivity contribution in [1.29, 1.82) is 0 Å². The minimum absolute atomic E-state index is 0.0173. The van der Waals surface area contributed by atoms with Crippen molar-refractivity contribution < 1.29 is 33.4 Å². The molecule has 0 atom stereocenters. The highest BCUT2D eigenvalue weighted by molar-refractivity contribution is 5.90. The second kappa shape index (κ2) is 5.08. The van der Waals surface area contributed by atoms with Crippen molar-refractivity contribution in [2.45, 2.75) is 25.7 Å². The zero-order valence-electron chi connectivity index (χ0n) is 7.69. The number of cyclic esters (lactones) is 6. The number of carbonyl (C=O) groups excluding carboxylic acids is 4. The zero-order chi connectivity index (χ0) is 11.3. The Morgan fingerprint density at radius 1 is 0.667 bits per heavy atom. The summed E-state index contributed by atoms with van der Waals surface area (Å²) < 4.78 is 12.0. The van der Waals surface area contributed by atoms with Gasteiger partial charge in [-0.1, -0.05) is 0 Å². The minimum atomic E-state index is -1.49. The van der Waals surface area contributed by atoms with Crippen LogP contribution < -0.4 is 0 Å². The monoisotopic (exact) mass is 216 g/mol. The van der Waals surface area contributed by atoms with Gasteiger partial charge in [0.05, 0.1) is 0 Å². The quantitative estimate of drug-likeness (QED) is 0.438. The maximum atomic E-state index is 10.9. The van der Waals surface area contributed by atoms with E-state index in [2.05, 4.69) is 14.2 Å².